The molecule has 1 heterocycles. The second-order valence-corrected chi connectivity index (χ2v) is 5.02. The molecule has 0 amide bonds. The Balaban J connectivity index is 2.10. The summed E-state index contributed by atoms with van der Waals surface area (Å²) in [6, 6.07) is 5.60. The van der Waals surface area contributed by atoms with E-state index in [0.717, 1.165) is 15.2 Å². The number of rotatable bonds is 4. The minimum atomic E-state index is -0.760. The summed E-state index contributed by atoms with van der Waals surface area (Å²) < 4.78 is 1.09. The number of aliphatic carboxylic acids is 1. The van der Waals surface area contributed by atoms with Crippen molar-refractivity contribution in [3.63, 3.8) is 0 Å². The lowest BCUT2D eigenvalue weighted by Crippen LogP contribution is -1.95. The number of nitrogens with zero attached hydrogens (tertiary/aromatic N) is 1. The number of carboxylic acids is 1. The Bertz CT molecular complexity index is 524. The van der Waals surface area contributed by atoms with E-state index in [0.29, 0.717) is 17.9 Å². The maximum atomic E-state index is 10.4. The molecule has 0 fully saturated rings. The van der Waals surface area contributed by atoms with E-state index in [-0.39, 0.29) is 6.42 Å². The van der Waals surface area contributed by atoms with Gasteiger partial charge in [-0.3, -0.25) is 4.79 Å². The molecule has 2 aromatic rings. The Kier molecular flexibility index (Phi) is 3.41. The summed E-state index contributed by atoms with van der Waals surface area (Å²) in [5, 5.41) is 10.2. The molecule has 1 N–H and O–H groups in total. The van der Waals surface area contributed by atoms with E-state index in [4.69, 9.17) is 16.7 Å². The molecule has 0 aliphatic carbocycles. The molecule has 0 spiro atoms. The topological polar surface area (TPSA) is 50.2 Å². The van der Waals surface area contributed by atoms with Gasteiger partial charge in [0.05, 0.1) is 15.2 Å². The van der Waals surface area contributed by atoms with Gasteiger partial charge in [0.15, 0.2) is 0 Å². The molecule has 0 saturated heterocycles. The van der Waals surface area contributed by atoms with Gasteiger partial charge in [0.25, 0.3) is 0 Å². The highest BCUT2D eigenvalue weighted by Gasteiger charge is 2.05. The average Bonchev–Trinajstić information content (AvgIpc) is 2.58. The second-order valence-electron chi connectivity index (χ2n) is 3.47. The Hall–Kier alpha value is -1.13. The lowest BCUT2D eigenvalue weighted by Gasteiger charge is -1.91. The van der Waals surface area contributed by atoms with Crippen LogP contribution in [0.3, 0.4) is 0 Å². The van der Waals surface area contributed by atoms with Crippen LogP contribution in [0.2, 0.25) is 5.02 Å². The molecule has 0 unspecified atom stereocenters. The lowest BCUT2D eigenvalue weighted by atomic mass is 10.2. The van der Waals surface area contributed by atoms with E-state index in [1.165, 1.54) is 0 Å². The van der Waals surface area contributed by atoms with Crippen LogP contribution < -0.4 is 0 Å². The first-order chi connectivity index (χ1) is 7.65. The number of carboxylic acid groups (broad SMARTS) is 1. The minimum Gasteiger partial charge on any atom is -0.481 e. The average molecular weight is 256 g/mol. The standard InChI is InChI=1S/C11H10ClNO2S/c12-7-4-5-9-8(6-7)13-10(16-9)2-1-3-11(14)15/h4-6H,1-3H2,(H,14,15). The number of thiazole rings is 1. The first kappa shape index (κ1) is 11.4. The van der Waals surface area contributed by atoms with Gasteiger partial charge in [-0.25, -0.2) is 4.98 Å². The van der Waals surface area contributed by atoms with Crippen molar-refractivity contribution in [1.82, 2.24) is 4.98 Å². The van der Waals surface area contributed by atoms with Gasteiger partial charge in [0, 0.05) is 11.4 Å². The molecule has 0 bridgehead atoms. The molecule has 3 nitrogen and oxygen atoms in total. The third-order valence-electron chi connectivity index (χ3n) is 2.18. The summed E-state index contributed by atoms with van der Waals surface area (Å²) in [5.74, 6) is -0.760. The fourth-order valence-electron chi connectivity index (χ4n) is 1.45. The first-order valence-corrected chi connectivity index (χ1v) is 6.11. The number of benzene rings is 1. The van der Waals surface area contributed by atoms with E-state index < -0.39 is 5.97 Å². The Labute approximate surface area is 102 Å². The largest absolute Gasteiger partial charge is 0.481 e. The summed E-state index contributed by atoms with van der Waals surface area (Å²) >= 11 is 7.46. The molecule has 0 saturated carbocycles. The highest BCUT2D eigenvalue weighted by Crippen LogP contribution is 2.25. The molecule has 1 aromatic heterocycles. The molecule has 0 aliphatic heterocycles. The smallest absolute Gasteiger partial charge is 0.303 e. The molecule has 2 rings (SSSR count). The van der Waals surface area contributed by atoms with Crippen LogP contribution in [0.25, 0.3) is 10.2 Å². The first-order valence-electron chi connectivity index (χ1n) is 4.92. The van der Waals surface area contributed by atoms with Crippen LogP contribution in [-0.4, -0.2) is 16.1 Å². The molecule has 5 heteroatoms. The molecule has 1 aromatic carbocycles. The highest BCUT2D eigenvalue weighted by atomic mass is 35.5. The van der Waals surface area contributed by atoms with E-state index in [9.17, 15) is 4.79 Å². The summed E-state index contributed by atoms with van der Waals surface area (Å²) in [4.78, 5) is 14.8. The number of carbonyl (C=O) groups is 1. The zero-order chi connectivity index (χ0) is 11.5. The molecule has 0 aliphatic rings. The number of aromatic nitrogens is 1. The zero-order valence-electron chi connectivity index (χ0n) is 8.44. The van der Waals surface area contributed by atoms with Crippen molar-refractivity contribution in [3.05, 3.63) is 28.2 Å². The van der Waals surface area contributed by atoms with Gasteiger partial charge >= 0.3 is 5.97 Å². The number of halogens is 1. The van der Waals surface area contributed by atoms with Crippen LogP contribution in [0, 0.1) is 0 Å². The van der Waals surface area contributed by atoms with E-state index in [2.05, 4.69) is 4.98 Å². The van der Waals surface area contributed by atoms with Crippen molar-refractivity contribution < 1.29 is 9.90 Å². The van der Waals surface area contributed by atoms with Gasteiger partial charge in [-0.2, -0.15) is 0 Å². The van der Waals surface area contributed by atoms with Gasteiger partial charge in [-0.05, 0) is 31.0 Å². The van der Waals surface area contributed by atoms with Crippen molar-refractivity contribution >= 4 is 39.1 Å². The second kappa shape index (κ2) is 4.80. The molecule has 0 radical (unpaired) electrons. The summed E-state index contributed by atoms with van der Waals surface area (Å²) in [6.45, 7) is 0. The van der Waals surface area contributed by atoms with Crippen LogP contribution in [0.1, 0.15) is 17.8 Å². The van der Waals surface area contributed by atoms with Crippen LogP contribution in [-0.2, 0) is 11.2 Å². The fraction of sp³-hybridized carbons (Fsp3) is 0.273. The minimum absolute atomic E-state index is 0.191. The lowest BCUT2D eigenvalue weighted by molar-refractivity contribution is -0.137. The van der Waals surface area contributed by atoms with Gasteiger partial charge in [0.1, 0.15) is 0 Å². The van der Waals surface area contributed by atoms with E-state index >= 15 is 0 Å². The molecule has 0 atom stereocenters. The van der Waals surface area contributed by atoms with Crippen LogP contribution in [0.5, 0.6) is 0 Å². The molecular weight excluding hydrogens is 246 g/mol. The molecule has 16 heavy (non-hydrogen) atoms. The normalized spacial score (nSPS) is 10.8. The van der Waals surface area contributed by atoms with Gasteiger partial charge in [0.2, 0.25) is 0 Å². The van der Waals surface area contributed by atoms with Crippen LogP contribution >= 0.6 is 22.9 Å². The summed E-state index contributed by atoms with van der Waals surface area (Å²) in [7, 11) is 0. The highest BCUT2D eigenvalue weighted by molar-refractivity contribution is 7.18. The Morgan fingerprint density at radius 2 is 2.31 bits per heavy atom. The van der Waals surface area contributed by atoms with Crippen molar-refractivity contribution in [2.45, 2.75) is 19.3 Å². The van der Waals surface area contributed by atoms with E-state index in [1.807, 2.05) is 18.2 Å². The Morgan fingerprint density at radius 3 is 3.06 bits per heavy atom. The third-order valence-corrected chi connectivity index (χ3v) is 3.51. The van der Waals surface area contributed by atoms with Gasteiger partial charge < -0.3 is 5.11 Å². The van der Waals surface area contributed by atoms with Crippen LogP contribution in [0.15, 0.2) is 18.2 Å². The molecular formula is C11H10ClNO2S. The molecule has 84 valence electrons. The van der Waals surface area contributed by atoms with Crippen molar-refractivity contribution in [3.8, 4) is 0 Å². The zero-order valence-corrected chi connectivity index (χ0v) is 10.0. The fourth-order valence-corrected chi connectivity index (χ4v) is 2.60. The van der Waals surface area contributed by atoms with Gasteiger partial charge in [-0.1, -0.05) is 11.6 Å². The quantitative estimate of drug-likeness (QED) is 0.911. The predicted molar refractivity (Wildman–Crippen MR) is 65.2 cm³/mol. The number of aryl methyl sites for hydroxylation is 1. The van der Waals surface area contributed by atoms with E-state index in [1.54, 1.807) is 11.3 Å². The maximum Gasteiger partial charge on any atom is 0.303 e. The summed E-state index contributed by atoms with van der Waals surface area (Å²) in [5.41, 5.74) is 0.892. The monoisotopic (exact) mass is 255 g/mol. The van der Waals surface area contributed by atoms with Crippen molar-refractivity contribution in [1.29, 1.82) is 0 Å². The van der Waals surface area contributed by atoms with Crippen molar-refractivity contribution in [2.75, 3.05) is 0 Å². The third kappa shape index (κ3) is 2.71. The number of fused-ring (bicyclic) bond motifs is 1. The Morgan fingerprint density at radius 1 is 1.50 bits per heavy atom. The maximum absolute atomic E-state index is 10.4. The van der Waals surface area contributed by atoms with Gasteiger partial charge in [-0.15, -0.1) is 11.3 Å². The van der Waals surface area contributed by atoms with Crippen molar-refractivity contribution in [2.24, 2.45) is 0 Å². The number of hydrogen-bond donors (Lipinski definition) is 1. The SMILES string of the molecule is O=C(O)CCCc1nc2cc(Cl)ccc2s1. The predicted octanol–water partition coefficient (Wildman–Crippen LogP) is 3.36. The number of hydrogen-bond acceptors (Lipinski definition) is 3. The van der Waals surface area contributed by atoms with Crippen LogP contribution in [0.4, 0.5) is 0 Å². The summed E-state index contributed by atoms with van der Waals surface area (Å²) in [6.07, 6.45) is 1.53.